The van der Waals surface area contributed by atoms with Crippen LogP contribution >= 0.6 is 0 Å². The van der Waals surface area contributed by atoms with Gasteiger partial charge in [0.2, 0.25) is 0 Å². The molecule has 1 saturated carbocycles. The van der Waals surface area contributed by atoms with Gasteiger partial charge < -0.3 is 16.4 Å². The second-order valence-corrected chi connectivity index (χ2v) is 6.15. The van der Waals surface area contributed by atoms with E-state index in [1.165, 1.54) is 25.7 Å². The van der Waals surface area contributed by atoms with Gasteiger partial charge in [0.25, 0.3) is 0 Å². The van der Waals surface area contributed by atoms with Gasteiger partial charge in [-0.1, -0.05) is 13.8 Å². The fourth-order valence-electron chi connectivity index (χ4n) is 2.57. The molecular weight excluding hydrogens is 238 g/mol. The molecule has 0 radical (unpaired) electrons. The van der Waals surface area contributed by atoms with Gasteiger partial charge in [-0.3, -0.25) is 0 Å². The Kier molecular flexibility index (Phi) is 3.98. The molecule has 1 aliphatic carbocycles. The van der Waals surface area contributed by atoms with E-state index >= 15 is 0 Å². The molecule has 2 amide bonds. The Hall–Kier alpha value is -1.71. The van der Waals surface area contributed by atoms with E-state index in [-0.39, 0.29) is 0 Å². The van der Waals surface area contributed by atoms with Crippen molar-refractivity contribution >= 4 is 17.4 Å². The molecule has 4 N–H and O–H groups in total. The maximum Gasteiger partial charge on any atom is 0.316 e. The number of urea groups is 1. The first-order valence-corrected chi connectivity index (χ1v) is 6.88. The highest BCUT2D eigenvalue weighted by Crippen LogP contribution is 2.36. The van der Waals surface area contributed by atoms with Gasteiger partial charge in [-0.05, 0) is 55.4 Å². The standard InChI is InChI=1S/C15H23N3O/c1-15(2)9-7-13(8-10-15)17-11-3-5-12(6-4-11)18-14(16)19/h3-6,13,17H,7-10H2,1-2H3,(H3,16,18,19). The minimum Gasteiger partial charge on any atom is -0.382 e. The van der Waals surface area contributed by atoms with Gasteiger partial charge >= 0.3 is 6.03 Å². The first-order valence-electron chi connectivity index (χ1n) is 6.88. The van der Waals surface area contributed by atoms with E-state index in [4.69, 9.17) is 5.73 Å². The molecule has 0 spiro atoms. The van der Waals surface area contributed by atoms with E-state index in [0.29, 0.717) is 11.5 Å². The van der Waals surface area contributed by atoms with Crippen molar-refractivity contribution in [2.24, 2.45) is 11.1 Å². The van der Waals surface area contributed by atoms with Crippen LogP contribution in [0.15, 0.2) is 24.3 Å². The zero-order valence-electron chi connectivity index (χ0n) is 11.7. The molecule has 19 heavy (non-hydrogen) atoms. The maximum atomic E-state index is 10.7. The van der Waals surface area contributed by atoms with Crippen molar-refractivity contribution < 1.29 is 4.79 Å². The number of amides is 2. The molecule has 4 nitrogen and oxygen atoms in total. The number of anilines is 2. The average molecular weight is 261 g/mol. The quantitative estimate of drug-likeness (QED) is 0.778. The van der Waals surface area contributed by atoms with Gasteiger partial charge in [-0.2, -0.15) is 0 Å². The Morgan fingerprint density at radius 1 is 1.16 bits per heavy atom. The van der Waals surface area contributed by atoms with E-state index < -0.39 is 6.03 Å². The monoisotopic (exact) mass is 261 g/mol. The van der Waals surface area contributed by atoms with Gasteiger partial charge in [-0.15, -0.1) is 0 Å². The normalized spacial score (nSPS) is 18.8. The summed E-state index contributed by atoms with van der Waals surface area (Å²) in [6.45, 7) is 4.68. The number of hydrogen-bond acceptors (Lipinski definition) is 2. The van der Waals surface area contributed by atoms with Crippen LogP contribution in [-0.4, -0.2) is 12.1 Å². The molecule has 1 aromatic rings. The van der Waals surface area contributed by atoms with Crippen LogP contribution in [0, 0.1) is 5.41 Å². The lowest BCUT2D eigenvalue weighted by Crippen LogP contribution is -2.29. The smallest absolute Gasteiger partial charge is 0.316 e. The van der Waals surface area contributed by atoms with Gasteiger partial charge in [0.15, 0.2) is 0 Å². The van der Waals surface area contributed by atoms with Crippen molar-refractivity contribution in [2.45, 2.75) is 45.6 Å². The lowest BCUT2D eigenvalue weighted by atomic mass is 9.75. The lowest BCUT2D eigenvalue weighted by Gasteiger charge is -2.35. The van der Waals surface area contributed by atoms with E-state index in [1.54, 1.807) is 0 Å². The van der Waals surface area contributed by atoms with Crippen LogP contribution < -0.4 is 16.4 Å². The topological polar surface area (TPSA) is 67.2 Å². The minimum absolute atomic E-state index is 0.493. The summed E-state index contributed by atoms with van der Waals surface area (Å²) in [6, 6.07) is 7.70. The number of hydrogen-bond donors (Lipinski definition) is 3. The predicted octanol–water partition coefficient (Wildman–Crippen LogP) is 3.56. The molecule has 1 fully saturated rings. The van der Waals surface area contributed by atoms with Crippen molar-refractivity contribution in [1.29, 1.82) is 0 Å². The molecule has 0 aliphatic heterocycles. The number of rotatable bonds is 3. The predicted molar refractivity (Wildman–Crippen MR) is 79.3 cm³/mol. The maximum absolute atomic E-state index is 10.7. The SMILES string of the molecule is CC1(C)CCC(Nc2ccc(NC(N)=O)cc2)CC1. The molecule has 0 unspecified atom stereocenters. The zero-order valence-corrected chi connectivity index (χ0v) is 11.7. The van der Waals surface area contributed by atoms with Crippen molar-refractivity contribution in [3.05, 3.63) is 24.3 Å². The van der Waals surface area contributed by atoms with E-state index in [9.17, 15) is 4.79 Å². The number of nitrogens with two attached hydrogens (primary N) is 1. The van der Waals surface area contributed by atoms with Crippen LogP contribution in [0.3, 0.4) is 0 Å². The highest BCUT2D eigenvalue weighted by molar-refractivity contribution is 5.87. The summed E-state index contributed by atoms with van der Waals surface area (Å²) in [4.78, 5) is 10.7. The highest BCUT2D eigenvalue weighted by atomic mass is 16.2. The Labute approximate surface area is 114 Å². The summed E-state index contributed by atoms with van der Waals surface area (Å²) in [5.74, 6) is 0. The van der Waals surface area contributed by atoms with Gasteiger partial charge in [0.1, 0.15) is 0 Å². The lowest BCUT2D eigenvalue weighted by molar-refractivity contribution is 0.232. The molecular formula is C15H23N3O. The van der Waals surface area contributed by atoms with E-state index in [1.807, 2.05) is 24.3 Å². The molecule has 1 aliphatic rings. The minimum atomic E-state index is -0.532. The average Bonchev–Trinajstić information content (AvgIpc) is 2.34. The molecule has 0 aromatic heterocycles. The number of benzene rings is 1. The van der Waals surface area contributed by atoms with Crippen LogP contribution in [0.5, 0.6) is 0 Å². The van der Waals surface area contributed by atoms with Gasteiger partial charge in [0.05, 0.1) is 0 Å². The molecule has 0 saturated heterocycles. The molecule has 2 rings (SSSR count). The van der Waals surface area contributed by atoms with Crippen LogP contribution in [0.1, 0.15) is 39.5 Å². The molecule has 104 valence electrons. The second-order valence-electron chi connectivity index (χ2n) is 6.15. The third kappa shape index (κ3) is 4.16. The fourth-order valence-corrected chi connectivity index (χ4v) is 2.57. The van der Waals surface area contributed by atoms with Crippen LogP contribution in [-0.2, 0) is 0 Å². The molecule has 0 bridgehead atoms. The Bertz CT molecular complexity index is 429. The Morgan fingerprint density at radius 2 is 1.68 bits per heavy atom. The zero-order chi connectivity index (χ0) is 13.9. The summed E-state index contributed by atoms with van der Waals surface area (Å²) in [5, 5.41) is 6.11. The van der Waals surface area contributed by atoms with Crippen molar-refractivity contribution in [2.75, 3.05) is 10.6 Å². The van der Waals surface area contributed by atoms with E-state index in [0.717, 1.165) is 11.4 Å². The molecule has 0 atom stereocenters. The summed E-state index contributed by atoms with van der Waals surface area (Å²) in [5.41, 5.74) is 7.39. The first-order chi connectivity index (χ1) is 8.94. The Morgan fingerprint density at radius 3 is 2.21 bits per heavy atom. The van der Waals surface area contributed by atoms with Crippen molar-refractivity contribution in [3.63, 3.8) is 0 Å². The Balaban J connectivity index is 1.88. The highest BCUT2D eigenvalue weighted by Gasteiger charge is 2.26. The third-order valence-corrected chi connectivity index (χ3v) is 3.86. The first kappa shape index (κ1) is 13.7. The molecule has 0 heterocycles. The third-order valence-electron chi connectivity index (χ3n) is 3.86. The number of carbonyl (C=O) groups excluding carboxylic acids is 1. The second kappa shape index (κ2) is 5.51. The van der Waals surface area contributed by atoms with Gasteiger partial charge in [-0.25, -0.2) is 4.79 Å². The summed E-state index contributed by atoms with van der Waals surface area (Å²) >= 11 is 0. The van der Waals surface area contributed by atoms with Crippen LogP contribution in [0.4, 0.5) is 16.2 Å². The van der Waals surface area contributed by atoms with Crippen LogP contribution in [0.25, 0.3) is 0 Å². The summed E-state index contributed by atoms with van der Waals surface area (Å²) in [7, 11) is 0. The summed E-state index contributed by atoms with van der Waals surface area (Å²) in [6.07, 6.45) is 4.97. The van der Waals surface area contributed by atoms with Crippen molar-refractivity contribution in [1.82, 2.24) is 0 Å². The number of carbonyl (C=O) groups is 1. The van der Waals surface area contributed by atoms with Crippen LogP contribution in [0.2, 0.25) is 0 Å². The number of primary amides is 1. The molecule has 4 heteroatoms. The summed E-state index contributed by atoms with van der Waals surface area (Å²) < 4.78 is 0. The van der Waals surface area contributed by atoms with E-state index in [2.05, 4.69) is 24.5 Å². The number of nitrogens with one attached hydrogen (secondary N) is 2. The van der Waals surface area contributed by atoms with Gasteiger partial charge in [0, 0.05) is 17.4 Å². The fraction of sp³-hybridized carbons (Fsp3) is 0.533. The molecule has 1 aromatic carbocycles. The largest absolute Gasteiger partial charge is 0.382 e. The van der Waals surface area contributed by atoms with Crippen molar-refractivity contribution in [3.8, 4) is 0 Å².